The van der Waals surface area contributed by atoms with E-state index in [0.29, 0.717) is 30.4 Å². The molecular weight excluding hydrogens is 432 g/mol. The number of ether oxygens (including phenoxy) is 3. The second-order valence-corrected chi connectivity index (χ2v) is 9.07. The van der Waals surface area contributed by atoms with Gasteiger partial charge in [0, 0.05) is 56.2 Å². The highest BCUT2D eigenvalue weighted by atomic mass is 16.5. The zero-order valence-corrected chi connectivity index (χ0v) is 19.6. The van der Waals surface area contributed by atoms with Crippen LogP contribution in [0.3, 0.4) is 0 Å². The minimum atomic E-state index is -0.0918. The number of benzene rings is 1. The van der Waals surface area contributed by atoms with Gasteiger partial charge in [-0.2, -0.15) is 0 Å². The van der Waals surface area contributed by atoms with Crippen molar-refractivity contribution >= 4 is 11.6 Å². The Bertz CT molecular complexity index is 1120. The summed E-state index contributed by atoms with van der Waals surface area (Å²) < 4.78 is 19.1. The smallest absolute Gasteiger partial charge is 0.251 e. The Balaban J connectivity index is 1.20. The van der Waals surface area contributed by atoms with Crippen LogP contribution in [0.25, 0.3) is 5.65 Å². The monoisotopic (exact) mass is 464 g/mol. The second-order valence-electron chi connectivity index (χ2n) is 9.07. The molecule has 2 aliphatic heterocycles. The average molecular weight is 465 g/mol. The zero-order chi connectivity index (χ0) is 23.3. The average Bonchev–Trinajstić information content (AvgIpc) is 3.53. The molecule has 34 heavy (non-hydrogen) atoms. The molecular formula is C26H32N4O4. The van der Waals surface area contributed by atoms with Crippen molar-refractivity contribution in [2.24, 2.45) is 5.92 Å². The predicted octanol–water partition coefficient (Wildman–Crippen LogP) is 2.69. The summed E-state index contributed by atoms with van der Waals surface area (Å²) in [4.78, 5) is 20.0. The lowest BCUT2D eigenvalue weighted by Crippen LogP contribution is -2.52. The third kappa shape index (κ3) is 5.41. The van der Waals surface area contributed by atoms with Crippen LogP contribution in [0.1, 0.15) is 28.0 Å². The van der Waals surface area contributed by atoms with Crippen molar-refractivity contribution in [1.29, 1.82) is 0 Å². The molecule has 4 heterocycles. The first-order valence-electron chi connectivity index (χ1n) is 12.0. The summed E-state index contributed by atoms with van der Waals surface area (Å²) in [6.07, 6.45) is 5.04. The molecule has 0 saturated carbocycles. The number of carbonyl (C=O) groups is 1. The lowest BCUT2D eigenvalue weighted by atomic mass is 9.96. The van der Waals surface area contributed by atoms with Gasteiger partial charge in [-0.25, -0.2) is 4.98 Å². The maximum atomic E-state index is 13.0. The highest BCUT2D eigenvalue weighted by Gasteiger charge is 2.31. The van der Waals surface area contributed by atoms with Gasteiger partial charge < -0.3 is 23.9 Å². The molecule has 3 aromatic rings. The number of aryl methyl sites for hydroxylation is 1. The molecule has 8 nitrogen and oxygen atoms in total. The summed E-state index contributed by atoms with van der Waals surface area (Å²) in [5, 5.41) is 3.15. The molecule has 1 N–H and O–H groups in total. The number of amides is 1. The molecule has 2 aliphatic rings. The van der Waals surface area contributed by atoms with E-state index in [9.17, 15) is 4.79 Å². The summed E-state index contributed by atoms with van der Waals surface area (Å²) in [6.45, 7) is 7.80. The number of carbonyl (C=O) groups excluding carboxylic acids is 1. The summed E-state index contributed by atoms with van der Waals surface area (Å²) in [6, 6.07) is 11.6. The number of nitrogens with one attached hydrogen (secondary N) is 1. The summed E-state index contributed by atoms with van der Waals surface area (Å²) in [7, 11) is 0. The van der Waals surface area contributed by atoms with E-state index < -0.39 is 0 Å². The number of aromatic nitrogens is 2. The number of morpholine rings is 1. The van der Waals surface area contributed by atoms with Crippen LogP contribution >= 0.6 is 0 Å². The summed E-state index contributed by atoms with van der Waals surface area (Å²) in [5.74, 6) is 0.989. The number of rotatable bonds is 8. The van der Waals surface area contributed by atoms with Gasteiger partial charge in [-0.15, -0.1) is 0 Å². The van der Waals surface area contributed by atoms with Gasteiger partial charge in [0.2, 0.25) is 0 Å². The maximum absolute atomic E-state index is 13.0. The normalized spacial score (nSPS) is 19.9. The lowest BCUT2D eigenvalue weighted by molar-refractivity contribution is 0.00166. The molecule has 2 saturated heterocycles. The van der Waals surface area contributed by atoms with Crippen molar-refractivity contribution in [3.05, 3.63) is 65.6 Å². The van der Waals surface area contributed by atoms with Crippen LogP contribution < -0.4 is 10.1 Å². The fourth-order valence-corrected chi connectivity index (χ4v) is 4.77. The molecule has 0 radical (unpaired) electrons. The molecule has 2 atom stereocenters. The van der Waals surface area contributed by atoms with E-state index in [1.54, 1.807) is 6.07 Å². The quantitative estimate of drug-likeness (QED) is 0.552. The Morgan fingerprint density at radius 2 is 2.06 bits per heavy atom. The molecule has 180 valence electrons. The Kier molecular flexibility index (Phi) is 7.08. The van der Waals surface area contributed by atoms with Crippen molar-refractivity contribution in [3.8, 4) is 5.75 Å². The fourth-order valence-electron chi connectivity index (χ4n) is 4.77. The van der Waals surface area contributed by atoms with Gasteiger partial charge in [-0.1, -0.05) is 12.1 Å². The minimum absolute atomic E-state index is 0.0918. The van der Waals surface area contributed by atoms with E-state index in [2.05, 4.69) is 22.1 Å². The topological polar surface area (TPSA) is 77.3 Å². The molecule has 1 amide bonds. The van der Waals surface area contributed by atoms with Crippen LogP contribution in [-0.2, 0) is 16.1 Å². The summed E-state index contributed by atoms with van der Waals surface area (Å²) >= 11 is 0. The number of pyridine rings is 1. The van der Waals surface area contributed by atoms with Gasteiger partial charge in [0.25, 0.3) is 5.91 Å². The molecule has 2 fully saturated rings. The van der Waals surface area contributed by atoms with Gasteiger partial charge in [0.05, 0.1) is 25.5 Å². The maximum Gasteiger partial charge on any atom is 0.251 e. The molecule has 2 unspecified atom stereocenters. The number of hydrogen-bond acceptors (Lipinski definition) is 6. The highest BCUT2D eigenvalue weighted by molar-refractivity contribution is 5.94. The molecule has 0 spiro atoms. The van der Waals surface area contributed by atoms with E-state index in [4.69, 9.17) is 14.2 Å². The van der Waals surface area contributed by atoms with Crippen molar-refractivity contribution in [2.45, 2.75) is 26.0 Å². The van der Waals surface area contributed by atoms with E-state index in [-0.39, 0.29) is 11.9 Å². The number of imidazole rings is 1. The molecule has 1 aromatic carbocycles. The third-order valence-corrected chi connectivity index (χ3v) is 6.63. The molecule has 0 bridgehead atoms. The van der Waals surface area contributed by atoms with Gasteiger partial charge in [0.15, 0.2) is 0 Å². The first-order valence-corrected chi connectivity index (χ1v) is 12.0. The van der Waals surface area contributed by atoms with E-state index in [0.717, 1.165) is 57.3 Å². The standard InChI is InChI=1S/C26H32N4O4/c1-19-5-6-25-28-22(16-30(25)15-19)18-34-23-4-2-3-20(13-23)26(31)27-14-24(21-7-10-33-17-21)29-8-11-32-12-9-29/h2-6,13,15-16,21,24H,7-12,14,17-18H2,1H3,(H,27,31). The van der Waals surface area contributed by atoms with Crippen LogP contribution in [0.4, 0.5) is 0 Å². The van der Waals surface area contributed by atoms with Crippen LogP contribution in [0, 0.1) is 12.8 Å². The number of nitrogens with zero attached hydrogens (tertiary/aromatic N) is 3. The lowest BCUT2D eigenvalue weighted by Gasteiger charge is -2.37. The molecule has 5 rings (SSSR count). The van der Waals surface area contributed by atoms with Crippen LogP contribution in [0.2, 0.25) is 0 Å². The number of fused-ring (bicyclic) bond motifs is 1. The highest BCUT2D eigenvalue weighted by Crippen LogP contribution is 2.22. The Morgan fingerprint density at radius 3 is 2.88 bits per heavy atom. The van der Waals surface area contributed by atoms with Crippen molar-refractivity contribution in [3.63, 3.8) is 0 Å². The van der Waals surface area contributed by atoms with E-state index >= 15 is 0 Å². The van der Waals surface area contributed by atoms with Crippen molar-refractivity contribution < 1.29 is 19.0 Å². The van der Waals surface area contributed by atoms with Crippen LogP contribution in [0.5, 0.6) is 5.75 Å². The van der Waals surface area contributed by atoms with Crippen molar-refractivity contribution in [1.82, 2.24) is 19.6 Å². The van der Waals surface area contributed by atoms with Gasteiger partial charge >= 0.3 is 0 Å². The number of hydrogen-bond donors (Lipinski definition) is 1. The first kappa shape index (κ1) is 22.8. The second kappa shape index (κ2) is 10.5. The SMILES string of the molecule is Cc1ccc2nc(COc3cccc(C(=O)NCC(C4CCOC4)N4CCOCC4)c3)cn2c1. The molecule has 0 aliphatic carbocycles. The van der Waals surface area contributed by atoms with Gasteiger partial charge in [-0.05, 0) is 43.2 Å². The Hall–Kier alpha value is -2.94. The van der Waals surface area contributed by atoms with E-state index in [1.807, 2.05) is 47.1 Å². The summed E-state index contributed by atoms with van der Waals surface area (Å²) in [5.41, 5.74) is 3.49. The largest absolute Gasteiger partial charge is 0.487 e. The predicted molar refractivity (Wildman–Crippen MR) is 128 cm³/mol. The van der Waals surface area contributed by atoms with Crippen LogP contribution in [-0.4, -0.2) is 72.3 Å². The third-order valence-electron chi connectivity index (χ3n) is 6.63. The van der Waals surface area contributed by atoms with E-state index in [1.165, 1.54) is 5.56 Å². The first-order chi connectivity index (χ1) is 16.7. The van der Waals surface area contributed by atoms with Crippen LogP contribution in [0.15, 0.2) is 48.8 Å². The molecule has 8 heteroatoms. The zero-order valence-electron chi connectivity index (χ0n) is 19.6. The Morgan fingerprint density at radius 1 is 1.18 bits per heavy atom. The minimum Gasteiger partial charge on any atom is -0.487 e. The molecule has 2 aromatic heterocycles. The Labute approximate surface area is 199 Å². The van der Waals surface area contributed by atoms with Crippen molar-refractivity contribution in [2.75, 3.05) is 46.1 Å². The fraction of sp³-hybridized carbons (Fsp3) is 0.462. The van der Waals surface area contributed by atoms with Gasteiger partial charge in [0.1, 0.15) is 18.0 Å². The van der Waals surface area contributed by atoms with Gasteiger partial charge in [-0.3, -0.25) is 9.69 Å².